The van der Waals surface area contributed by atoms with Gasteiger partial charge in [0.25, 0.3) is 0 Å². The van der Waals surface area contributed by atoms with Crippen LogP contribution in [0.3, 0.4) is 0 Å². The van der Waals surface area contributed by atoms with Crippen molar-refractivity contribution in [2.75, 3.05) is 41.4 Å². The lowest BCUT2D eigenvalue weighted by Gasteiger charge is -2.18. The van der Waals surface area contributed by atoms with E-state index >= 15 is 0 Å². The van der Waals surface area contributed by atoms with E-state index in [0.717, 1.165) is 16.4 Å². The van der Waals surface area contributed by atoms with Gasteiger partial charge in [-0.25, -0.2) is 12.8 Å². The highest BCUT2D eigenvalue weighted by molar-refractivity contribution is 7.89. The first kappa shape index (κ1) is 16.7. The lowest BCUT2D eigenvalue weighted by molar-refractivity contribution is 0.349. The number of benzene rings is 1. The number of rotatable bonds is 7. The zero-order valence-electron chi connectivity index (χ0n) is 11.9. The zero-order chi connectivity index (χ0) is 15.3. The van der Waals surface area contributed by atoms with Crippen LogP contribution in [-0.4, -0.2) is 54.1 Å². The number of hydrogen-bond acceptors (Lipinski definition) is 5. The Balaban J connectivity index is 3.24. The second-order valence-corrected chi connectivity index (χ2v) is 6.08. The van der Waals surface area contributed by atoms with E-state index < -0.39 is 20.7 Å². The number of methoxy groups -OCH3 is 2. The van der Waals surface area contributed by atoms with Crippen LogP contribution in [0.2, 0.25) is 0 Å². The van der Waals surface area contributed by atoms with Gasteiger partial charge < -0.3 is 14.8 Å². The number of nitrogens with one attached hydrogen (secondary N) is 1. The molecule has 0 atom stereocenters. The van der Waals surface area contributed by atoms with Gasteiger partial charge in [0.2, 0.25) is 10.0 Å². The van der Waals surface area contributed by atoms with Crippen LogP contribution in [0.4, 0.5) is 4.39 Å². The van der Waals surface area contributed by atoms with Crippen LogP contribution >= 0.6 is 0 Å². The third-order valence-electron chi connectivity index (χ3n) is 2.80. The van der Waals surface area contributed by atoms with Crippen molar-refractivity contribution >= 4 is 10.0 Å². The second-order valence-electron chi connectivity index (χ2n) is 4.07. The highest BCUT2D eigenvalue weighted by Gasteiger charge is 2.26. The van der Waals surface area contributed by atoms with E-state index in [2.05, 4.69) is 5.32 Å². The molecule has 0 radical (unpaired) electrons. The van der Waals surface area contributed by atoms with E-state index in [9.17, 15) is 12.8 Å². The first-order chi connectivity index (χ1) is 9.38. The molecule has 0 saturated carbocycles. The highest BCUT2D eigenvalue weighted by atomic mass is 32.2. The molecule has 1 aromatic rings. The fourth-order valence-electron chi connectivity index (χ4n) is 1.59. The Labute approximate surface area is 118 Å². The molecule has 0 aliphatic rings. The van der Waals surface area contributed by atoms with Crippen molar-refractivity contribution in [2.45, 2.75) is 4.90 Å². The van der Waals surface area contributed by atoms with Gasteiger partial charge in [0.15, 0.2) is 11.5 Å². The van der Waals surface area contributed by atoms with Crippen LogP contribution in [0.5, 0.6) is 11.5 Å². The lowest BCUT2D eigenvalue weighted by Crippen LogP contribution is -2.33. The minimum absolute atomic E-state index is 0.141. The zero-order valence-corrected chi connectivity index (χ0v) is 12.8. The normalized spacial score (nSPS) is 11.7. The van der Waals surface area contributed by atoms with Crippen LogP contribution in [0.1, 0.15) is 0 Å². The summed E-state index contributed by atoms with van der Waals surface area (Å²) in [7, 11) is 1.89. The van der Waals surface area contributed by atoms with Crippen molar-refractivity contribution in [3.63, 3.8) is 0 Å². The molecule has 6 nitrogen and oxygen atoms in total. The summed E-state index contributed by atoms with van der Waals surface area (Å²) in [6.07, 6.45) is 0. The molecule has 0 heterocycles. The number of hydrogen-bond donors (Lipinski definition) is 1. The van der Waals surface area contributed by atoms with Gasteiger partial charge in [-0.2, -0.15) is 4.31 Å². The molecule has 0 saturated heterocycles. The molecular formula is C12H19FN2O4S. The molecule has 114 valence electrons. The van der Waals surface area contributed by atoms with Gasteiger partial charge in [0, 0.05) is 32.3 Å². The summed E-state index contributed by atoms with van der Waals surface area (Å²) in [4.78, 5) is -0.436. The predicted molar refractivity (Wildman–Crippen MR) is 73.2 cm³/mol. The summed E-state index contributed by atoms with van der Waals surface area (Å²) in [5.74, 6) is -0.574. The van der Waals surface area contributed by atoms with E-state index in [-0.39, 0.29) is 18.0 Å². The molecule has 0 aliphatic carbocycles. The van der Waals surface area contributed by atoms with Crippen LogP contribution in [0.25, 0.3) is 0 Å². The molecule has 0 bridgehead atoms. The van der Waals surface area contributed by atoms with Gasteiger partial charge in [-0.3, -0.25) is 0 Å². The fraction of sp³-hybridized carbons (Fsp3) is 0.500. The third-order valence-corrected chi connectivity index (χ3v) is 4.67. The smallest absolute Gasteiger partial charge is 0.245 e. The Kier molecular flexibility index (Phi) is 5.73. The lowest BCUT2D eigenvalue weighted by atomic mass is 10.3. The van der Waals surface area contributed by atoms with Crippen LogP contribution in [-0.2, 0) is 10.0 Å². The average molecular weight is 306 g/mol. The Morgan fingerprint density at radius 2 is 1.80 bits per heavy atom. The van der Waals surface area contributed by atoms with Crippen LogP contribution in [0, 0.1) is 5.82 Å². The summed E-state index contributed by atoms with van der Waals surface area (Å²) in [6.45, 7) is 0.692. The summed E-state index contributed by atoms with van der Waals surface area (Å²) in [5.41, 5.74) is 0. The molecular weight excluding hydrogens is 287 g/mol. The van der Waals surface area contributed by atoms with Gasteiger partial charge in [0.1, 0.15) is 10.7 Å². The van der Waals surface area contributed by atoms with Crippen molar-refractivity contribution in [3.8, 4) is 11.5 Å². The summed E-state index contributed by atoms with van der Waals surface area (Å²) in [5, 5.41) is 2.83. The Morgan fingerprint density at radius 1 is 1.25 bits per heavy atom. The summed E-state index contributed by atoms with van der Waals surface area (Å²) < 4.78 is 49.6. The van der Waals surface area contributed by atoms with Crippen molar-refractivity contribution in [3.05, 3.63) is 17.9 Å². The van der Waals surface area contributed by atoms with Crippen molar-refractivity contribution in [2.24, 2.45) is 0 Å². The molecule has 1 aromatic carbocycles. The number of halogens is 1. The molecule has 20 heavy (non-hydrogen) atoms. The average Bonchev–Trinajstić information content (AvgIpc) is 2.43. The largest absolute Gasteiger partial charge is 0.493 e. The van der Waals surface area contributed by atoms with E-state index in [1.54, 1.807) is 7.05 Å². The molecule has 0 spiro atoms. The molecule has 0 fully saturated rings. The van der Waals surface area contributed by atoms with Gasteiger partial charge in [0.05, 0.1) is 14.2 Å². The second kappa shape index (κ2) is 6.87. The number of ether oxygens (including phenoxy) is 2. The van der Waals surface area contributed by atoms with Crippen molar-refractivity contribution < 1.29 is 22.3 Å². The minimum atomic E-state index is -3.92. The first-order valence-electron chi connectivity index (χ1n) is 5.91. The molecule has 0 amide bonds. The van der Waals surface area contributed by atoms with Gasteiger partial charge in [-0.1, -0.05) is 0 Å². The molecule has 0 aromatic heterocycles. The number of sulfonamides is 1. The Hall–Kier alpha value is -1.38. The maximum atomic E-state index is 14.0. The predicted octanol–water partition coefficient (Wildman–Crippen LogP) is 0.683. The van der Waals surface area contributed by atoms with E-state index in [1.165, 1.54) is 21.3 Å². The highest BCUT2D eigenvalue weighted by Crippen LogP contribution is 2.32. The van der Waals surface area contributed by atoms with E-state index in [1.807, 2.05) is 0 Å². The molecule has 8 heteroatoms. The molecule has 1 N–H and O–H groups in total. The number of likely N-dealkylation sites (N-methyl/N-ethyl adjacent to an activating group) is 2. The Morgan fingerprint density at radius 3 is 2.30 bits per heavy atom. The number of nitrogens with zero attached hydrogens (tertiary/aromatic N) is 1. The van der Waals surface area contributed by atoms with Gasteiger partial charge >= 0.3 is 0 Å². The standard InChI is InChI=1S/C12H19FN2O4S/c1-14-5-6-15(2)20(16,17)12-8-11(19-4)10(18-3)7-9(12)13/h7-8,14H,5-6H2,1-4H3. The van der Waals surface area contributed by atoms with E-state index in [0.29, 0.717) is 6.54 Å². The quantitative estimate of drug-likeness (QED) is 0.802. The summed E-state index contributed by atoms with van der Waals surface area (Å²) in [6, 6.07) is 2.12. The minimum Gasteiger partial charge on any atom is -0.493 e. The maximum absolute atomic E-state index is 14.0. The molecule has 0 aliphatic heterocycles. The maximum Gasteiger partial charge on any atom is 0.245 e. The molecule has 1 rings (SSSR count). The topological polar surface area (TPSA) is 67.9 Å². The SMILES string of the molecule is CNCCN(C)S(=O)(=O)c1cc(OC)c(OC)cc1F. The monoisotopic (exact) mass is 306 g/mol. The Bertz CT molecular complexity index is 563. The third kappa shape index (κ3) is 3.38. The fourth-order valence-corrected chi connectivity index (χ4v) is 2.82. The van der Waals surface area contributed by atoms with Crippen molar-refractivity contribution in [1.82, 2.24) is 9.62 Å². The van der Waals surface area contributed by atoms with Crippen LogP contribution in [0.15, 0.2) is 17.0 Å². The first-order valence-corrected chi connectivity index (χ1v) is 7.35. The summed E-state index contributed by atoms with van der Waals surface area (Å²) >= 11 is 0. The van der Waals surface area contributed by atoms with Gasteiger partial charge in [-0.05, 0) is 7.05 Å². The van der Waals surface area contributed by atoms with Crippen LogP contribution < -0.4 is 14.8 Å². The van der Waals surface area contributed by atoms with Gasteiger partial charge in [-0.15, -0.1) is 0 Å². The van der Waals surface area contributed by atoms with E-state index in [4.69, 9.17) is 9.47 Å². The molecule has 0 unspecified atom stereocenters. The van der Waals surface area contributed by atoms with Crippen molar-refractivity contribution in [1.29, 1.82) is 0 Å².